The minimum absolute atomic E-state index is 0.237. The number of ether oxygens (including phenoxy) is 1. The maximum Gasteiger partial charge on any atom is 0.188 e. The first kappa shape index (κ1) is 19.6. The lowest BCUT2D eigenvalue weighted by molar-refractivity contribution is 0.0330. The number of nitrogens with zero attached hydrogens (tertiary/aromatic N) is 3. The first-order valence-corrected chi connectivity index (χ1v) is 9.24. The fraction of sp³-hybridized carbons (Fsp3) is 0.286. The third-order valence-corrected chi connectivity index (χ3v) is 4.93. The van der Waals surface area contributed by atoms with Gasteiger partial charge in [0.1, 0.15) is 5.69 Å². The Hall–Kier alpha value is -2.71. The second-order valence-corrected chi connectivity index (χ2v) is 6.92. The molecule has 3 aromatic rings. The highest BCUT2D eigenvalue weighted by atomic mass is 19.2. The van der Waals surface area contributed by atoms with Crippen molar-refractivity contribution in [2.45, 2.75) is 13.5 Å². The highest BCUT2D eigenvalue weighted by molar-refractivity contribution is 5.63. The molecule has 1 fully saturated rings. The third-order valence-electron chi connectivity index (χ3n) is 4.93. The molecule has 0 saturated carbocycles. The van der Waals surface area contributed by atoms with Crippen molar-refractivity contribution in [2.24, 2.45) is 0 Å². The molecule has 8 heteroatoms. The van der Waals surface area contributed by atoms with Gasteiger partial charge < -0.3 is 4.74 Å². The summed E-state index contributed by atoms with van der Waals surface area (Å²) in [5.74, 6) is -5.74. The molecule has 0 amide bonds. The van der Waals surface area contributed by atoms with Crippen LogP contribution in [0.5, 0.6) is 0 Å². The van der Waals surface area contributed by atoms with Gasteiger partial charge in [-0.1, -0.05) is 30.3 Å². The first-order chi connectivity index (χ1) is 14.0. The Morgan fingerprint density at radius 1 is 0.931 bits per heavy atom. The third kappa shape index (κ3) is 3.65. The second-order valence-electron chi connectivity index (χ2n) is 6.92. The van der Waals surface area contributed by atoms with Crippen molar-refractivity contribution < 1.29 is 22.3 Å². The Labute approximate surface area is 165 Å². The van der Waals surface area contributed by atoms with E-state index in [2.05, 4.69) is 5.10 Å². The van der Waals surface area contributed by atoms with Gasteiger partial charge in [0.25, 0.3) is 0 Å². The molecule has 1 aliphatic rings. The minimum Gasteiger partial charge on any atom is -0.379 e. The molecule has 152 valence electrons. The lowest BCUT2D eigenvalue weighted by Gasteiger charge is -2.27. The van der Waals surface area contributed by atoms with Crippen LogP contribution in [-0.2, 0) is 11.3 Å². The summed E-state index contributed by atoms with van der Waals surface area (Å²) in [6.45, 7) is 3.07. The van der Waals surface area contributed by atoms with E-state index in [-0.39, 0.29) is 6.54 Å². The van der Waals surface area contributed by atoms with Gasteiger partial charge in [-0.25, -0.2) is 22.2 Å². The largest absolute Gasteiger partial charge is 0.379 e. The average Bonchev–Trinajstić information content (AvgIpc) is 3.12. The predicted molar refractivity (Wildman–Crippen MR) is 99.7 cm³/mol. The van der Waals surface area contributed by atoms with Gasteiger partial charge in [-0.05, 0) is 13.0 Å². The summed E-state index contributed by atoms with van der Waals surface area (Å²) in [6.07, 6.45) is 0. The van der Waals surface area contributed by atoms with Crippen LogP contribution in [0, 0.1) is 30.2 Å². The lowest BCUT2D eigenvalue weighted by atomic mass is 10.1. The van der Waals surface area contributed by atoms with Crippen LogP contribution in [0.15, 0.2) is 36.4 Å². The Balaban J connectivity index is 1.82. The molecule has 4 nitrogen and oxygen atoms in total. The van der Waals surface area contributed by atoms with Crippen molar-refractivity contribution in [2.75, 3.05) is 26.3 Å². The summed E-state index contributed by atoms with van der Waals surface area (Å²) in [5.41, 5.74) is -0.0833. The van der Waals surface area contributed by atoms with Crippen LogP contribution in [-0.4, -0.2) is 41.0 Å². The molecule has 0 N–H and O–H groups in total. The zero-order valence-electron chi connectivity index (χ0n) is 15.8. The normalized spacial score (nSPS) is 15.1. The number of morpholine rings is 1. The molecular weight excluding hydrogens is 386 g/mol. The van der Waals surface area contributed by atoms with Crippen molar-refractivity contribution in [3.63, 3.8) is 0 Å². The number of benzene rings is 2. The quantitative estimate of drug-likeness (QED) is 0.481. The van der Waals surface area contributed by atoms with Crippen molar-refractivity contribution in [3.8, 4) is 16.9 Å². The number of hydrogen-bond acceptors (Lipinski definition) is 3. The molecule has 0 atom stereocenters. The summed E-state index contributed by atoms with van der Waals surface area (Å²) < 4.78 is 65.6. The van der Waals surface area contributed by atoms with Crippen LogP contribution in [0.2, 0.25) is 0 Å². The van der Waals surface area contributed by atoms with Gasteiger partial charge >= 0.3 is 0 Å². The van der Waals surface area contributed by atoms with Crippen molar-refractivity contribution >= 4 is 0 Å². The van der Waals surface area contributed by atoms with E-state index in [4.69, 9.17) is 4.74 Å². The number of hydrogen-bond donors (Lipinski definition) is 0. The van der Waals surface area contributed by atoms with Crippen LogP contribution in [0.25, 0.3) is 16.9 Å². The summed E-state index contributed by atoms with van der Waals surface area (Å²) >= 11 is 0. The molecule has 0 unspecified atom stereocenters. The van der Waals surface area contributed by atoms with E-state index >= 15 is 0 Å². The Bertz CT molecular complexity index is 1000. The molecule has 1 aliphatic heterocycles. The van der Waals surface area contributed by atoms with E-state index in [9.17, 15) is 17.6 Å². The van der Waals surface area contributed by atoms with E-state index in [1.54, 1.807) is 48.2 Å². The molecule has 29 heavy (non-hydrogen) atoms. The van der Waals surface area contributed by atoms with Gasteiger partial charge in [0.2, 0.25) is 0 Å². The summed E-state index contributed by atoms with van der Waals surface area (Å²) in [7, 11) is 0. The topological polar surface area (TPSA) is 30.3 Å². The monoisotopic (exact) mass is 405 g/mol. The molecular formula is C21H19F4N3O. The number of aromatic nitrogens is 2. The van der Waals surface area contributed by atoms with Gasteiger partial charge in [-0.3, -0.25) is 4.90 Å². The Morgan fingerprint density at radius 2 is 1.55 bits per heavy atom. The molecule has 0 aliphatic carbocycles. The highest BCUT2D eigenvalue weighted by Crippen LogP contribution is 2.31. The standard InChI is InChI=1S/C21H19F4N3O/c1-13-11-16(14-5-3-2-4-6-14)28(26-13)21-19(24)17(22)15(18(23)20(21)25)12-27-7-9-29-10-8-27/h2-6,11H,7-10,12H2,1H3. The van der Waals surface area contributed by atoms with Crippen molar-refractivity contribution in [1.82, 2.24) is 14.7 Å². The van der Waals surface area contributed by atoms with E-state index in [0.29, 0.717) is 43.3 Å². The average molecular weight is 405 g/mol. The SMILES string of the molecule is Cc1cc(-c2ccccc2)n(-c2c(F)c(F)c(CN3CCOCC3)c(F)c2F)n1. The minimum atomic E-state index is -1.47. The second kappa shape index (κ2) is 7.96. The molecule has 0 radical (unpaired) electrons. The summed E-state index contributed by atoms with van der Waals surface area (Å²) in [6, 6.07) is 10.3. The van der Waals surface area contributed by atoms with Crippen molar-refractivity contribution in [3.05, 3.63) is 70.9 Å². The van der Waals surface area contributed by atoms with Crippen LogP contribution in [0.3, 0.4) is 0 Å². The van der Waals surface area contributed by atoms with Gasteiger partial charge in [-0.2, -0.15) is 5.10 Å². The molecule has 2 aromatic carbocycles. The maximum absolute atomic E-state index is 15.0. The maximum atomic E-state index is 15.0. The van der Waals surface area contributed by atoms with E-state index in [0.717, 1.165) is 4.68 Å². The molecule has 1 saturated heterocycles. The number of rotatable bonds is 4. The van der Waals surface area contributed by atoms with Gasteiger partial charge in [0.15, 0.2) is 23.3 Å². The lowest BCUT2D eigenvalue weighted by Crippen LogP contribution is -2.36. The molecule has 0 bridgehead atoms. The van der Waals surface area contributed by atoms with Crippen LogP contribution in [0.4, 0.5) is 17.6 Å². The van der Waals surface area contributed by atoms with Crippen LogP contribution >= 0.6 is 0 Å². The van der Waals surface area contributed by atoms with Crippen LogP contribution in [0.1, 0.15) is 11.3 Å². The molecule has 1 aromatic heterocycles. The van der Waals surface area contributed by atoms with Crippen LogP contribution < -0.4 is 0 Å². The molecule has 0 spiro atoms. The zero-order chi connectivity index (χ0) is 20.5. The van der Waals surface area contributed by atoms with E-state index < -0.39 is 34.5 Å². The van der Waals surface area contributed by atoms with Gasteiger partial charge in [0, 0.05) is 30.8 Å². The molecule has 4 rings (SSSR count). The summed E-state index contributed by atoms with van der Waals surface area (Å²) in [4.78, 5) is 1.69. The van der Waals surface area contributed by atoms with E-state index in [1.165, 1.54) is 0 Å². The molecule has 2 heterocycles. The van der Waals surface area contributed by atoms with Gasteiger partial charge in [-0.15, -0.1) is 0 Å². The fourth-order valence-corrected chi connectivity index (χ4v) is 3.46. The smallest absolute Gasteiger partial charge is 0.188 e. The fourth-order valence-electron chi connectivity index (χ4n) is 3.46. The zero-order valence-corrected chi connectivity index (χ0v) is 15.8. The first-order valence-electron chi connectivity index (χ1n) is 9.24. The number of aryl methyl sites for hydroxylation is 1. The van der Waals surface area contributed by atoms with E-state index in [1.807, 2.05) is 0 Å². The predicted octanol–water partition coefficient (Wildman–Crippen LogP) is 4.24. The highest BCUT2D eigenvalue weighted by Gasteiger charge is 2.29. The van der Waals surface area contributed by atoms with Crippen molar-refractivity contribution in [1.29, 1.82) is 0 Å². The Kier molecular flexibility index (Phi) is 5.38. The summed E-state index contributed by atoms with van der Waals surface area (Å²) in [5, 5.41) is 4.08. The Morgan fingerprint density at radius 3 is 2.17 bits per heavy atom. The number of halogens is 4. The van der Waals surface area contributed by atoms with Gasteiger partial charge in [0.05, 0.1) is 24.6 Å².